The third-order valence-electron chi connectivity index (χ3n) is 6.94. The van der Waals surface area contributed by atoms with Crippen molar-refractivity contribution >= 4 is 27.5 Å². The Morgan fingerprint density at radius 2 is 1.68 bits per heavy atom. The first-order valence-corrected chi connectivity index (χ1v) is 14.9. The average Bonchev–Trinajstić information content (AvgIpc) is 2.87. The molecule has 0 aromatic heterocycles. The molecule has 3 rings (SSSR count). The molecule has 0 saturated heterocycles. The summed E-state index contributed by atoms with van der Waals surface area (Å²) in [6.07, 6.45) is 6.23. The van der Waals surface area contributed by atoms with Gasteiger partial charge in [0.15, 0.2) is 11.6 Å². The summed E-state index contributed by atoms with van der Waals surface area (Å²) in [7, 11) is -3.81. The van der Waals surface area contributed by atoms with Gasteiger partial charge in [-0.2, -0.15) is 0 Å². The fourth-order valence-corrected chi connectivity index (χ4v) is 5.64. The molecule has 1 aliphatic carbocycles. The van der Waals surface area contributed by atoms with Crippen molar-refractivity contribution in [2.75, 3.05) is 17.1 Å². The summed E-state index contributed by atoms with van der Waals surface area (Å²) in [5, 5.41) is 3.09. The van der Waals surface area contributed by atoms with E-state index < -0.39 is 27.7 Å². The molecule has 10 heteroatoms. The lowest BCUT2D eigenvalue weighted by molar-refractivity contribution is -0.141. The van der Waals surface area contributed by atoms with Gasteiger partial charge in [-0.05, 0) is 50.8 Å². The Morgan fingerprint density at radius 3 is 2.29 bits per heavy atom. The van der Waals surface area contributed by atoms with E-state index >= 15 is 0 Å². The van der Waals surface area contributed by atoms with Gasteiger partial charge in [0.25, 0.3) is 0 Å². The normalized spacial score (nSPS) is 15.1. The molecular formula is C28H37F2N3O4S. The Kier molecular flexibility index (Phi) is 10.2. The largest absolute Gasteiger partial charge is 0.352 e. The van der Waals surface area contributed by atoms with E-state index in [2.05, 4.69) is 5.32 Å². The van der Waals surface area contributed by atoms with Gasteiger partial charge in [0, 0.05) is 31.6 Å². The van der Waals surface area contributed by atoms with Gasteiger partial charge in [0.05, 0.1) is 11.9 Å². The van der Waals surface area contributed by atoms with E-state index in [1.54, 1.807) is 6.92 Å². The zero-order valence-corrected chi connectivity index (χ0v) is 23.1. The molecular weight excluding hydrogens is 512 g/mol. The van der Waals surface area contributed by atoms with E-state index in [0.29, 0.717) is 0 Å². The molecule has 2 aromatic carbocycles. The first-order valence-electron chi connectivity index (χ1n) is 13.0. The first kappa shape index (κ1) is 29.5. The SMILES string of the molecule is Cc1ccc(CN(C(=O)CCCN(c2ccc(F)c(F)c2)S(C)(=O)=O)C(C)C(=O)NC2CCCCC2)cc1. The monoisotopic (exact) mass is 549 g/mol. The number of halogens is 2. The van der Waals surface area contributed by atoms with Gasteiger partial charge in [-0.15, -0.1) is 0 Å². The number of rotatable bonds is 11. The van der Waals surface area contributed by atoms with Gasteiger partial charge < -0.3 is 10.2 Å². The highest BCUT2D eigenvalue weighted by Gasteiger charge is 2.28. The summed E-state index contributed by atoms with van der Waals surface area (Å²) in [5.41, 5.74) is 1.93. The number of carbonyl (C=O) groups is 2. The van der Waals surface area contributed by atoms with Crippen LogP contribution in [0.3, 0.4) is 0 Å². The fraction of sp³-hybridized carbons (Fsp3) is 0.500. The number of nitrogens with one attached hydrogen (secondary N) is 1. The molecule has 1 atom stereocenters. The standard InChI is InChI=1S/C28H37F2N3O4S/c1-20-11-13-22(14-12-20)19-32(21(2)28(35)31-23-8-5-4-6-9-23)27(34)10-7-17-33(38(3,36)37)24-15-16-25(29)26(30)18-24/h11-16,18,21,23H,4-10,17,19H2,1-3H3,(H,31,35). The Balaban J connectivity index is 1.72. The molecule has 1 N–H and O–H groups in total. The van der Waals surface area contributed by atoms with Gasteiger partial charge in [-0.1, -0.05) is 49.1 Å². The summed E-state index contributed by atoms with van der Waals surface area (Å²) in [5.74, 6) is -2.74. The molecule has 2 amide bonds. The number of hydrogen-bond donors (Lipinski definition) is 1. The van der Waals surface area contributed by atoms with Crippen LogP contribution < -0.4 is 9.62 Å². The summed E-state index contributed by atoms with van der Waals surface area (Å²) in [4.78, 5) is 28.0. The molecule has 2 aromatic rings. The van der Waals surface area contributed by atoms with E-state index in [9.17, 15) is 26.8 Å². The molecule has 38 heavy (non-hydrogen) atoms. The first-order chi connectivity index (χ1) is 18.0. The molecule has 1 aliphatic rings. The molecule has 0 aliphatic heterocycles. The van der Waals surface area contributed by atoms with Crippen molar-refractivity contribution in [1.29, 1.82) is 0 Å². The quantitative estimate of drug-likeness (QED) is 0.441. The maximum absolute atomic E-state index is 13.8. The predicted octanol–water partition coefficient (Wildman–Crippen LogP) is 4.69. The predicted molar refractivity (Wildman–Crippen MR) is 144 cm³/mol. The van der Waals surface area contributed by atoms with Gasteiger partial charge in [0.2, 0.25) is 21.8 Å². The van der Waals surface area contributed by atoms with Crippen molar-refractivity contribution in [1.82, 2.24) is 10.2 Å². The lowest BCUT2D eigenvalue weighted by atomic mass is 9.95. The second-order valence-electron chi connectivity index (χ2n) is 10.1. The van der Waals surface area contributed by atoms with Crippen LogP contribution in [0.2, 0.25) is 0 Å². The molecule has 1 unspecified atom stereocenters. The number of benzene rings is 2. The van der Waals surface area contributed by atoms with Crippen LogP contribution >= 0.6 is 0 Å². The second kappa shape index (κ2) is 13.2. The van der Waals surface area contributed by atoms with E-state index in [0.717, 1.165) is 65.9 Å². The molecule has 0 heterocycles. The minimum atomic E-state index is -3.81. The van der Waals surface area contributed by atoms with Crippen LogP contribution in [0, 0.1) is 18.6 Å². The average molecular weight is 550 g/mol. The lowest BCUT2D eigenvalue weighted by Gasteiger charge is -2.31. The molecule has 208 valence electrons. The highest BCUT2D eigenvalue weighted by molar-refractivity contribution is 7.92. The van der Waals surface area contributed by atoms with Crippen LogP contribution in [0.25, 0.3) is 0 Å². The third-order valence-corrected chi connectivity index (χ3v) is 8.13. The minimum absolute atomic E-state index is 0.0180. The Hall–Kier alpha value is -3.01. The number of anilines is 1. The molecule has 7 nitrogen and oxygen atoms in total. The molecule has 0 bridgehead atoms. The summed E-state index contributed by atoms with van der Waals surface area (Å²) in [6.45, 7) is 3.80. The molecule has 0 radical (unpaired) electrons. The number of hydrogen-bond acceptors (Lipinski definition) is 4. The number of carbonyl (C=O) groups excluding carboxylic acids is 2. The fourth-order valence-electron chi connectivity index (χ4n) is 4.69. The third kappa shape index (κ3) is 8.24. The van der Waals surface area contributed by atoms with E-state index in [1.165, 1.54) is 11.0 Å². The number of aryl methyl sites for hydroxylation is 1. The highest BCUT2D eigenvalue weighted by Crippen LogP contribution is 2.22. The van der Waals surface area contributed by atoms with Crippen molar-refractivity contribution in [3.63, 3.8) is 0 Å². The summed E-state index contributed by atoms with van der Waals surface area (Å²) < 4.78 is 52.8. The number of sulfonamides is 1. The van der Waals surface area contributed by atoms with E-state index in [1.807, 2.05) is 31.2 Å². The zero-order chi connectivity index (χ0) is 27.9. The number of nitrogens with zero attached hydrogens (tertiary/aromatic N) is 2. The minimum Gasteiger partial charge on any atom is -0.352 e. The van der Waals surface area contributed by atoms with E-state index in [4.69, 9.17) is 0 Å². The lowest BCUT2D eigenvalue weighted by Crippen LogP contribution is -2.50. The van der Waals surface area contributed by atoms with Crippen LogP contribution in [-0.2, 0) is 26.2 Å². The van der Waals surface area contributed by atoms with E-state index in [-0.39, 0.29) is 49.5 Å². The van der Waals surface area contributed by atoms with Crippen molar-refractivity contribution in [3.8, 4) is 0 Å². The Bertz CT molecular complexity index is 1220. The molecule has 0 spiro atoms. The van der Waals surface area contributed by atoms with Gasteiger partial charge in [-0.3, -0.25) is 13.9 Å². The maximum Gasteiger partial charge on any atom is 0.242 e. The second-order valence-corrected chi connectivity index (χ2v) is 12.0. The molecule has 1 saturated carbocycles. The Labute approximate surface area is 224 Å². The molecule has 1 fully saturated rings. The summed E-state index contributed by atoms with van der Waals surface area (Å²) >= 11 is 0. The van der Waals surface area contributed by atoms with Crippen LogP contribution in [0.15, 0.2) is 42.5 Å². The van der Waals surface area contributed by atoms with Crippen LogP contribution in [0.1, 0.15) is 63.0 Å². The maximum atomic E-state index is 13.8. The highest BCUT2D eigenvalue weighted by atomic mass is 32.2. The smallest absolute Gasteiger partial charge is 0.242 e. The summed E-state index contributed by atoms with van der Waals surface area (Å²) in [6, 6.07) is 9.96. The van der Waals surface area contributed by atoms with Crippen molar-refractivity contribution in [2.45, 2.75) is 77.4 Å². The number of amides is 2. The van der Waals surface area contributed by atoms with Gasteiger partial charge in [-0.25, -0.2) is 17.2 Å². The topological polar surface area (TPSA) is 86.8 Å². The zero-order valence-electron chi connectivity index (χ0n) is 22.3. The van der Waals surface area contributed by atoms with Gasteiger partial charge >= 0.3 is 0 Å². The van der Waals surface area contributed by atoms with Crippen LogP contribution in [-0.4, -0.2) is 50.0 Å². The Morgan fingerprint density at radius 1 is 1.03 bits per heavy atom. The van der Waals surface area contributed by atoms with Crippen LogP contribution in [0.4, 0.5) is 14.5 Å². The van der Waals surface area contributed by atoms with Crippen molar-refractivity contribution in [2.24, 2.45) is 0 Å². The van der Waals surface area contributed by atoms with Crippen LogP contribution in [0.5, 0.6) is 0 Å². The van der Waals surface area contributed by atoms with Gasteiger partial charge in [0.1, 0.15) is 6.04 Å². The van der Waals surface area contributed by atoms with Crippen molar-refractivity contribution < 1.29 is 26.8 Å². The van der Waals surface area contributed by atoms with Crippen molar-refractivity contribution in [3.05, 3.63) is 65.2 Å².